The predicted molar refractivity (Wildman–Crippen MR) is 78.8 cm³/mol. The third kappa shape index (κ3) is 4.04. The van der Waals surface area contributed by atoms with Gasteiger partial charge in [0.05, 0.1) is 4.90 Å². The highest BCUT2D eigenvalue weighted by molar-refractivity contribution is 7.89. The van der Waals surface area contributed by atoms with Crippen LogP contribution < -0.4 is 10.0 Å². The summed E-state index contributed by atoms with van der Waals surface area (Å²) in [5.41, 5.74) is 1.03. The third-order valence-electron chi connectivity index (χ3n) is 3.92. The molecule has 2 fully saturated rings. The Labute approximate surface area is 121 Å². The van der Waals surface area contributed by atoms with Gasteiger partial charge in [-0.3, -0.25) is 0 Å². The average molecular weight is 294 g/mol. The van der Waals surface area contributed by atoms with Crippen LogP contribution in [-0.2, 0) is 16.6 Å². The van der Waals surface area contributed by atoms with E-state index in [2.05, 4.69) is 10.0 Å². The lowest BCUT2D eigenvalue weighted by Gasteiger charge is -2.09. The molecule has 0 amide bonds. The summed E-state index contributed by atoms with van der Waals surface area (Å²) in [7, 11) is -3.35. The van der Waals surface area contributed by atoms with Crippen LogP contribution >= 0.6 is 0 Å². The van der Waals surface area contributed by atoms with Gasteiger partial charge in [-0.1, -0.05) is 25.0 Å². The maximum absolute atomic E-state index is 12.2. The number of sulfonamides is 1. The van der Waals surface area contributed by atoms with Crippen molar-refractivity contribution < 1.29 is 8.42 Å². The summed E-state index contributed by atoms with van der Waals surface area (Å²) < 4.78 is 27.1. The summed E-state index contributed by atoms with van der Waals surface area (Å²) in [6.07, 6.45) is 5.94. The van der Waals surface area contributed by atoms with Gasteiger partial charge in [0.15, 0.2) is 0 Å². The smallest absolute Gasteiger partial charge is 0.240 e. The first-order valence-electron chi connectivity index (χ1n) is 7.45. The minimum Gasteiger partial charge on any atom is -0.310 e. The van der Waals surface area contributed by atoms with Crippen molar-refractivity contribution in [3.63, 3.8) is 0 Å². The Morgan fingerprint density at radius 2 is 1.95 bits per heavy atom. The molecule has 4 nitrogen and oxygen atoms in total. The van der Waals surface area contributed by atoms with Gasteiger partial charge in [-0.25, -0.2) is 13.1 Å². The van der Waals surface area contributed by atoms with Crippen LogP contribution in [0.25, 0.3) is 0 Å². The summed E-state index contributed by atoms with van der Waals surface area (Å²) in [4.78, 5) is 0.378. The van der Waals surface area contributed by atoms with E-state index in [1.807, 2.05) is 12.1 Å². The largest absolute Gasteiger partial charge is 0.310 e. The van der Waals surface area contributed by atoms with E-state index in [0.717, 1.165) is 24.4 Å². The Kier molecular flexibility index (Phi) is 4.10. The van der Waals surface area contributed by atoms with E-state index in [0.29, 0.717) is 17.5 Å². The van der Waals surface area contributed by atoms with E-state index < -0.39 is 10.0 Å². The quantitative estimate of drug-likeness (QED) is 0.771. The van der Waals surface area contributed by atoms with Crippen LogP contribution in [0.5, 0.6) is 0 Å². The summed E-state index contributed by atoms with van der Waals surface area (Å²) in [5.74, 6) is 0.742. The predicted octanol–water partition coefficient (Wildman–Crippen LogP) is 2.02. The van der Waals surface area contributed by atoms with Gasteiger partial charge in [0.2, 0.25) is 10.0 Å². The van der Waals surface area contributed by atoms with Crippen LogP contribution in [0.1, 0.15) is 37.7 Å². The Bertz CT molecular complexity index is 563. The van der Waals surface area contributed by atoms with Crippen molar-refractivity contribution in [3.05, 3.63) is 29.8 Å². The fourth-order valence-corrected chi connectivity index (χ4v) is 3.38. The van der Waals surface area contributed by atoms with Crippen LogP contribution in [0.2, 0.25) is 0 Å². The van der Waals surface area contributed by atoms with Gasteiger partial charge in [0.1, 0.15) is 0 Å². The van der Waals surface area contributed by atoms with Crippen LogP contribution in [0.15, 0.2) is 29.2 Å². The molecule has 1 aromatic carbocycles. The monoisotopic (exact) mass is 294 g/mol. The van der Waals surface area contributed by atoms with Gasteiger partial charge in [0.25, 0.3) is 0 Å². The Hall–Kier alpha value is -0.910. The highest BCUT2D eigenvalue weighted by atomic mass is 32.2. The molecule has 0 aliphatic heterocycles. The number of hydrogen-bond donors (Lipinski definition) is 2. The Balaban J connectivity index is 1.59. The zero-order valence-corrected chi connectivity index (χ0v) is 12.5. The van der Waals surface area contributed by atoms with Gasteiger partial charge < -0.3 is 5.32 Å². The maximum Gasteiger partial charge on any atom is 0.240 e. The van der Waals surface area contributed by atoms with Gasteiger partial charge in [-0.05, 0) is 42.9 Å². The first kappa shape index (κ1) is 14.0. The van der Waals surface area contributed by atoms with Crippen LogP contribution in [-0.4, -0.2) is 21.0 Å². The van der Waals surface area contributed by atoms with E-state index in [1.165, 1.54) is 25.7 Å². The third-order valence-corrected chi connectivity index (χ3v) is 5.38. The molecule has 0 bridgehead atoms. The van der Waals surface area contributed by atoms with Crippen molar-refractivity contribution in [2.75, 3.05) is 6.54 Å². The lowest BCUT2D eigenvalue weighted by molar-refractivity contribution is 0.575. The molecular formula is C15H22N2O2S. The summed E-state index contributed by atoms with van der Waals surface area (Å²) in [5, 5.41) is 3.40. The molecule has 5 heteroatoms. The topological polar surface area (TPSA) is 58.2 Å². The molecule has 0 heterocycles. The van der Waals surface area contributed by atoms with Crippen LogP contribution in [0.4, 0.5) is 0 Å². The second-order valence-electron chi connectivity index (χ2n) is 5.93. The minimum atomic E-state index is -3.35. The van der Waals surface area contributed by atoms with Crippen molar-refractivity contribution in [2.24, 2.45) is 5.92 Å². The molecule has 0 spiro atoms. The molecule has 20 heavy (non-hydrogen) atoms. The van der Waals surface area contributed by atoms with Crippen molar-refractivity contribution in [1.82, 2.24) is 10.0 Å². The van der Waals surface area contributed by atoms with Crippen LogP contribution in [0.3, 0.4) is 0 Å². The summed E-state index contributed by atoms with van der Waals surface area (Å²) in [6.45, 7) is 1.30. The molecule has 2 aliphatic rings. The van der Waals surface area contributed by atoms with Gasteiger partial charge in [0, 0.05) is 19.1 Å². The van der Waals surface area contributed by atoms with Gasteiger partial charge in [-0.15, -0.1) is 0 Å². The Morgan fingerprint density at radius 1 is 1.15 bits per heavy atom. The molecule has 2 saturated carbocycles. The van der Waals surface area contributed by atoms with Crippen molar-refractivity contribution in [1.29, 1.82) is 0 Å². The standard InChI is InChI=1S/C15H22N2O2S/c18-20(19,17-9-8-12-4-5-12)15-3-1-2-13(10-15)11-16-14-6-7-14/h1-3,10,12,14,16-17H,4-9,11H2. The Morgan fingerprint density at radius 3 is 2.65 bits per heavy atom. The lowest BCUT2D eigenvalue weighted by atomic mass is 10.2. The maximum atomic E-state index is 12.2. The van der Waals surface area contributed by atoms with E-state index >= 15 is 0 Å². The van der Waals surface area contributed by atoms with Crippen LogP contribution in [0, 0.1) is 5.92 Å². The summed E-state index contributed by atoms with van der Waals surface area (Å²) in [6, 6.07) is 7.86. The number of benzene rings is 1. The molecule has 110 valence electrons. The van der Waals surface area contributed by atoms with E-state index in [-0.39, 0.29) is 0 Å². The molecule has 1 aromatic rings. The second-order valence-corrected chi connectivity index (χ2v) is 7.70. The zero-order valence-electron chi connectivity index (χ0n) is 11.6. The molecule has 0 radical (unpaired) electrons. The fourth-order valence-electron chi connectivity index (χ4n) is 2.26. The molecule has 0 atom stereocenters. The second kappa shape index (κ2) is 5.84. The van der Waals surface area contributed by atoms with E-state index in [4.69, 9.17) is 0 Å². The number of hydrogen-bond acceptors (Lipinski definition) is 3. The lowest BCUT2D eigenvalue weighted by Crippen LogP contribution is -2.25. The SMILES string of the molecule is O=S(=O)(NCCC1CC1)c1cccc(CNC2CC2)c1. The molecule has 2 N–H and O–H groups in total. The molecule has 3 rings (SSSR count). The minimum absolute atomic E-state index is 0.378. The van der Waals surface area contributed by atoms with Gasteiger partial charge >= 0.3 is 0 Å². The van der Waals surface area contributed by atoms with E-state index in [9.17, 15) is 8.42 Å². The van der Waals surface area contributed by atoms with Crippen molar-refractivity contribution in [3.8, 4) is 0 Å². The molecule has 0 unspecified atom stereocenters. The van der Waals surface area contributed by atoms with E-state index in [1.54, 1.807) is 12.1 Å². The molecule has 0 saturated heterocycles. The zero-order chi connectivity index (χ0) is 14.0. The van der Waals surface area contributed by atoms with Crippen molar-refractivity contribution >= 4 is 10.0 Å². The fraction of sp³-hybridized carbons (Fsp3) is 0.600. The average Bonchev–Trinajstić information content (AvgIpc) is 3.31. The first-order chi connectivity index (χ1) is 9.63. The van der Waals surface area contributed by atoms with Gasteiger partial charge in [-0.2, -0.15) is 0 Å². The normalized spacial score (nSPS) is 19.2. The highest BCUT2D eigenvalue weighted by Crippen LogP contribution is 2.31. The molecule has 2 aliphatic carbocycles. The van der Waals surface area contributed by atoms with Crippen molar-refractivity contribution in [2.45, 2.75) is 49.6 Å². The molecular weight excluding hydrogens is 272 g/mol. The highest BCUT2D eigenvalue weighted by Gasteiger charge is 2.22. The summed E-state index contributed by atoms with van der Waals surface area (Å²) >= 11 is 0. The first-order valence-corrected chi connectivity index (χ1v) is 8.94. The molecule has 0 aromatic heterocycles. The number of nitrogens with one attached hydrogen (secondary N) is 2. The number of rotatable bonds is 8.